The number of aliphatic hydroxyl groups excluding tert-OH is 1. The summed E-state index contributed by atoms with van der Waals surface area (Å²) in [6, 6.07) is 15.3. The molecule has 8 heteroatoms. The number of alkyl carbamates (subject to hydrolysis) is 1. The van der Waals surface area contributed by atoms with Gasteiger partial charge in [-0.1, -0.05) is 48.5 Å². The molecule has 0 spiro atoms. The maximum Gasteiger partial charge on any atom is 0.407 e. The monoisotopic (exact) mass is 478 g/mol. The van der Waals surface area contributed by atoms with Gasteiger partial charge in [0.1, 0.15) is 12.6 Å². The van der Waals surface area contributed by atoms with Gasteiger partial charge in [0.2, 0.25) is 5.91 Å². The number of aliphatic carboxylic acids is 1. The van der Waals surface area contributed by atoms with Gasteiger partial charge in [-0.15, -0.1) is 0 Å². The molecule has 5 atom stereocenters. The molecule has 2 saturated carbocycles. The van der Waals surface area contributed by atoms with Crippen molar-refractivity contribution in [2.24, 2.45) is 17.8 Å². The molecule has 184 valence electrons. The molecule has 3 aliphatic carbocycles. The zero-order chi connectivity index (χ0) is 24.5. The first-order valence-corrected chi connectivity index (χ1v) is 12.2. The van der Waals surface area contributed by atoms with E-state index in [9.17, 15) is 19.5 Å². The standard InChI is InChI=1S/C27H30N2O6/c30-10-9-23(26(32)33)28-25(31)16-11-15-13-24(21(15)12-16)29-27(34)35-14-22-19-7-3-1-5-17(19)18-6-2-4-8-20(18)22/h1-8,15-16,21-24,30H,9-14H2,(H,28,31)(H,29,34)(H,32,33)/t15-,16?,21-,23+,24+/m0/s1. The number of nitrogens with one attached hydrogen (secondary N) is 2. The molecule has 8 nitrogen and oxygen atoms in total. The van der Waals surface area contributed by atoms with Crippen LogP contribution in [0.15, 0.2) is 48.5 Å². The fourth-order valence-electron chi connectivity index (χ4n) is 6.07. The van der Waals surface area contributed by atoms with E-state index in [2.05, 4.69) is 34.9 Å². The number of benzene rings is 2. The van der Waals surface area contributed by atoms with Crippen LogP contribution in [0.1, 0.15) is 42.7 Å². The van der Waals surface area contributed by atoms with Crippen LogP contribution in [0.3, 0.4) is 0 Å². The van der Waals surface area contributed by atoms with Crippen molar-refractivity contribution in [1.82, 2.24) is 10.6 Å². The Balaban J connectivity index is 1.13. The van der Waals surface area contributed by atoms with Gasteiger partial charge in [-0.05, 0) is 53.4 Å². The summed E-state index contributed by atoms with van der Waals surface area (Å²) in [4.78, 5) is 36.4. The lowest BCUT2D eigenvalue weighted by molar-refractivity contribution is -0.142. The highest BCUT2D eigenvalue weighted by Gasteiger charge is 2.50. The van der Waals surface area contributed by atoms with Crippen molar-refractivity contribution in [1.29, 1.82) is 0 Å². The molecule has 35 heavy (non-hydrogen) atoms. The van der Waals surface area contributed by atoms with Gasteiger partial charge in [0.15, 0.2) is 0 Å². The second kappa shape index (κ2) is 9.70. The number of rotatable bonds is 8. The Morgan fingerprint density at radius 1 is 0.971 bits per heavy atom. The van der Waals surface area contributed by atoms with E-state index in [0.29, 0.717) is 18.8 Å². The molecular weight excluding hydrogens is 448 g/mol. The summed E-state index contributed by atoms with van der Waals surface area (Å²) in [7, 11) is 0. The highest BCUT2D eigenvalue weighted by atomic mass is 16.5. The third kappa shape index (κ3) is 4.50. The van der Waals surface area contributed by atoms with E-state index in [4.69, 9.17) is 9.84 Å². The lowest BCUT2D eigenvalue weighted by Crippen LogP contribution is -2.50. The zero-order valence-corrected chi connectivity index (χ0v) is 19.4. The average molecular weight is 479 g/mol. The number of fused-ring (bicyclic) bond motifs is 4. The van der Waals surface area contributed by atoms with E-state index in [1.165, 1.54) is 11.1 Å². The average Bonchev–Trinajstić information content (AvgIpc) is 3.36. The van der Waals surface area contributed by atoms with Crippen molar-refractivity contribution in [2.45, 2.75) is 43.7 Å². The molecule has 2 amide bonds. The van der Waals surface area contributed by atoms with Gasteiger partial charge in [0.05, 0.1) is 0 Å². The van der Waals surface area contributed by atoms with Crippen LogP contribution in [0.2, 0.25) is 0 Å². The number of carbonyl (C=O) groups is 3. The summed E-state index contributed by atoms with van der Waals surface area (Å²) in [5, 5.41) is 23.7. The minimum atomic E-state index is -1.15. The number of carboxylic acid groups (broad SMARTS) is 1. The Morgan fingerprint density at radius 2 is 1.63 bits per heavy atom. The molecule has 0 heterocycles. The van der Waals surface area contributed by atoms with Crippen LogP contribution >= 0.6 is 0 Å². The van der Waals surface area contributed by atoms with Crippen molar-refractivity contribution in [3.8, 4) is 11.1 Å². The second-order valence-corrected chi connectivity index (χ2v) is 9.82. The summed E-state index contributed by atoms with van der Waals surface area (Å²) in [6.45, 7) is -0.0492. The van der Waals surface area contributed by atoms with Crippen LogP contribution < -0.4 is 10.6 Å². The van der Waals surface area contributed by atoms with Crippen LogP contribution in [0.4, 0.5) is 4.79 Å². The maximum absolute atomic E-state index is 12.6. The summed E-state index contributed by atoms with van der Waals surface area (Å²) in [5.41, 5.74) is 4.68. The lowest BCUT2D eigenvalue weighted by atomic mass is 9.71. The highest BCUT2D eigenvalue weighted by Crippen LogP contribution is 2.50. The third-order valence-electron chi connectivity index (χ3n) is 7.87. The SMILES string of the molecule is O=C(N[C@@H]1C[C@@H]2CC(C(=O)N[C@H](CCO)C(=O)O)C[C@@H]21)OCC1c2ccccc2-c2ccccc21. The lowest BCUT2D eigenvalue weighted by Gasteiger charge is -2.40. The molecule has 5 rings (SSSR count). The normalized spacial score (nSPS) is 24.9. The fraction of sp³-hybridized carbons (Fsp3) is 0.444. The fourth-order valence-corrected chi connectivity index (χ4v) is 6.07. The van der Waals surface area contributed by atoms with Crippen molar-refractivity contribution in [3.63, 3.8) is 0 Å². The maximum atomic E-state index is 12.6. The van der Waals surface area contributed by atoms with Crippen molar-refractivity contribution in [2.75, 3.05) is 13.2 Å². The Hall–Kier alpha value is -3.39. The Bertz CT molecular complexity index is 1090. The van der Waals surface area contributed by atoms with Gasteiger partial charge in [0.25, 0.3) is 0 Å². The second-order valence-electron chi connectivity index (χ2n) is 9.82. The molecule has 4 N–H and O–H groups in total. The summed E-state index contributed by atoms with van der Waals surface area (Å²) >= 11 is 0. The van der Waals surface area contributed by atoms with Gasteiger partial charge >= 0.3 is 12.1 Å². The summed E-state index contributed by atoms with van der Waals surface area (Å²) < 4.78 is 5.66. The van der Waals surface area contributed by atoms with Gasteiger partial charge in [-0.25, -0.2) is 9.59 Å². The number of carboxylic acids is 1. The molecule has 2 aromatic carbocycles. The van der Waals surface area contributed by atoms with Crippen LogP contribution in [0, 0.1) is 17.8 Å². The van der Waals surface area contributed by atoms with Gasteiger partial charge in [-0.3, -0.25) is 4.79 Å². The highest BCUT2D eigenvalue weighted by molar-refractivity contribution is 5.85. The number of ether oxygens (including phenoxy) is 1. The topological polar surface area (TPSA) is 125 Å². The Morgan fingerprint density at radius 3 is 2.26 bits per heavy atom. The predicted octanol–water partition coefficient (Wildman–Crippen LogP) is 2.89. The van der Waals surface area contributed by atoms with Crippen LogP contribution in [0.5, 0.6) is 0 Å². The molecule has 2 fully saturated rings. The molecule has 0 aliphatic heterocycles. The molecule has 0 radical (unpaired) electrons. The van der Waals surface area contributed by atoms with Crippen LogP contribution in [-0.2, 0) is 14.3 Å². The minimum Gasteiger partial charge on any atom is -0.480 e. The quantitative estimate of drug-likeness (QED) is 0.462. The molecule has 0 aromatic heterocycles. The first-order chi connectivity index (χ1) is 17.0. The zero-order valence-electron chi connectivity index (χ0n) is 19.4. The molecule has 2 aromatic rings. The van der Waals surface area contributed by atoms with Gasteiger partial charge in [0, 0.05) is 30.9 Å². The number of hydrogen-bond donors (Lipinski definition) is 4. The van der Waals surface area contributed by atoms with Gasteiger partial charge < -0.3 is 25.6 Å². The number of hydrogen-bond acceptors (Lipinski definition) is 5. The van der Waals surface area contributed by atoms with Gasteiger partial charge in [-0.2, -0.15) is 0 Å². The van der Waals surface area contributed by atoms with E-state index in [1.807, 2.05) is 24.3 Å². The minimum absolute atomic E-state index is 0.00273. The Labute approximate surface area is 203 Å². The van der Waals surface area contributed by atoms with Crippen molar-refractivity contribution >= 4 is 18.0 Å². The largest absolute Gasteiger partial charge is 0.480 e. The Kier molecular flexibility index (Phi) is 6.47. The molecule has 1 unspecified atom stereocenters. The van der Waals surface area contributed by atoms with Crippen molar-refractivity contribution < 1.29 is 29.3 Å². The third-order valence-corrected chi connectivity index (χ3v) is 7.87. The van der Waals surface area contributed by atoms with Crippen LogP contribution in [0.25, 0.3) is 11.1 Å². The molecule has 0 bridgehead atoms. The summed E-state index contributed by atoms with van der Waals surface area (Å²) in [5.74, 6) is -1.19. The summed E-state index contributed by atoms with van der Waals surface area (Å²) in [6.07, 6.45) is 1.61. The smallest absolute Gasteiger partial charge is 0.407 e. The van der Waals surface area contributed by atoms with E-state index in [1.54, 1.807) is 0 Å². The van der Waals surface area contributed by atoms with E-state index >= 15 is 0 Å². The number of amides is 2. The molecule has 3 aliphatic rings. The number of carbonyl (C=O) groups excluding carboxylic acids is 2. The van der Waals surface area contributed by atoms with Crippen LogP contribution in [-0.4, -0.2) is 53.5 Å². The molecular formula is C27H30N2O6. The first-order valence-electron chi connectivity index (χ1n) is 12.2. The number of aliphatic hydroxyl groups is 1. The van der Waals surface area contributed by atoms with Crippen molar-refractivity contribution in [3.05, 3.63) is 59.7 Å². The molecule has 0 saturated heterocycles. The van der Waals surface area contributed by atoms with E-state index < -0.39 is 18.1 Å². The van der Waals surface area contributed by atoms with E-state index in [0.717, 1.165) is 17.5 Å². The first kappa shape index (κ1) is 23.4. The predicted molar refractivity (Wildman–Crippen MR) is 128 cm³/mol. The van der Waals surface area contributed by atoms with E-state index in [-0.39, 0.29) is 49.3 Å².